The zero-order chi connectivity index (χ0) is 17.2. The van der Waals surface area contributed by atoms with Crippen LogP contribution in [0.1, 0.15) is 18.6 Å². The fourth-order valence-corrected chi connectivity index (χ4v) is 3.32. The summed E-state index contributed by atoms with van der Waals surface area (Å²) in [5, 5.41) is 10.1. The molecule has 0 saturated carbocycles. The Morgan fingerprint density at radius 3 is 2.13 bits per heavy atom. The van der Waals surface area contributed by atoms with Gasteiger partial charge >= 0.3 is 0 Å². The van der Waals surface area contributed by atoms with Crippen molar-refractivity contribution in [2.75, 3.05) is 0 Å². The molecule has 0 aliphatic heterocycles. The van der Waals surface area contributed by atoms with Crippen LogP contribution in [-0.2, 0) is 10.0 Å². The van der Waals surface area contributed by atoms with Crippen molar-refractivity contribution in [1.29, 1.82) is 0 Å². The molecule has 2 aromatic rings. The minimum Gasteiger partial charge on any atom is -0.387 e. The average molecular weight is 345 g/mol. The molecule has 8 heteroatoms. The fraction of sp³-hybridized carbons (Fsp3) is 0.200. The van der Waals surface area contributed by atoms with Gasteiger partial charge in [-0.05, 0) is 36.8 Å². The zero-order valence-electron chi connectivity index (χ0n) is 12.0. The summed E-state index contributed by atoms with van der Waals surface area (Å²) in [7, 11) is -4.29. The predicted octanol–water partition coefficient (Wildman–Crippen LogP) is 2.50. The smallest absolute Gasteiger partial charge is 0.243 e. The van der Waals surface area contributed by atoms with Crippen LogP contribution < -0.4 is 4.72 Å². The van der Waals surface area contributed by atoms with E-state index in [4.69, 9.17) is 0 Å². The molecule has 2 aromatic carbocycles. The molecule has 0 aliphatic carbocycles. The number of nitrogens with one attached hydrogen (secondary N) is 1. The summed E-state index contributed by atoms with van der Waals surface area (Å²) in [4.78, 5) is -0.725. The lowest BCUT2D eigenvalue weighted by atomic mass is 10.0. The molecule has 0 heterocycles. The highest BCUT2D eigenvalue weighted by Crippen LogP contribution is 2.21. The number of halogens is 3. The number of hydrogen-bond donors (Lipinski definition) is 2. The number of sulfonamides is 1. The van der Waals surface area contributed by atoms with Crippen molar-refractivity contribution in [2.24, 2.45) is 0 Å². The summed E-state index contributed by atoms with van der Waals surface area (Å²) < 4.78 is 65.7. The molecule has 0 bridgehead atoms. The molecule has 0 saturated heterocycles. The van der Waals surface area contributed by atoms with E-state index >= 15 is 0 Å². The topological polar surface area (TPSA) is 66.4 Å². The van der Waals surface area contributed by atoms with E-state index in [9.17, 15) is 26.7 Å². The third-order valence-electron chi connectivity index (χ3n) is 3.21. The van der Waals surface area contributed by atoms with Crippen LogP contribution in [0.5, 0.6) is 0 Å². The van der Waals surface area contributed by atoms with Crippen LogP contribution in [0.4, 0.5) is 13.2 Å². The molecule has 0 aromatic heterocycles. The maximum atomic E-state index is 13.6. The molecule has 2 rings (SSSR count). The van der Waals surface area contributed by atoms with Crippen molar-refractivity contribution in [3.63, 3.8) is 0 Å². The summed E-state index contributed by atoms with van der Waals surface area (Å²) in [5.74, 6) is -2.63. The molecule has 0 radical (unpaired) electrons. The van der Waals surface area contributed by atoms with Crippen LogP contribution in [0.15, 0.2) is 47.4 Å². The summed E-state index contributed by atoms with van der Waals surface area (Å²) in [6.07, 6.45) is -1.27. The van der Waals surface area contributed by atoms with Gasteiger partial charge in [-0.15, -0.1) is 0 Å². The summed E-state index contributed by atoms with van der Waals surface area (Å²) >= 11 is 0. The van der Waals surface area contributed by atoms with Crippen molar-refractivity contribution in [1.82, 2.24) is 4.72 Å². The number of hydrogen-bond acceptors (Lipinski definition) is 3. The van der Waals surface area contributed by atoms with Gasteiger partial charge in [0.05, 0.1) is 6.10 Å². The molecule has 23 heavy (non-hydrogen) atoms. The summed E-state index contributed by atoms with van der Waals surface area (Å²) in [5.41, 5.74) is 0.293. The van der Waals surface area contributed by atoms with Crippen LogP contribution in [-0.4, -0.2) is 19.6 Å². The second-order valence-corrected chi connectivity index (χ2v) is 6.66. The summed E-state index contributed by atoms with van der Waals surface area (Å²) in [6.45, 7) is 1.37. The fourth-order valence-electron chi connectivity index (χ4n) is 2.01. The van der Waals surface area contributed by atoms with Crippen molar-refractivity contribution >= 4 is 10.0 Å². The Morgan fingerprint density at radius 2 is 1.57 bits per heavy atom. The van der Waals surface area contributed by atoms with Crippen molar-refractivity contribution in [2.45, 2.75) is 24.0 Å². The SMILES string of the molecule is CC(NS(=O)(=O)c1ccc(F)cc1F)C(O)c1ccc(F)cc1. The van der Waals surface area contributed by atoms with Crippen LogP contribution in [0.3, 0.4) is 0 Å². The minimum absolute atomic E-state index is 0.293. The highest BCUT2D eigenvalue weighted by Gasteiger charge is 2.26. The Balaban J connectivity index is 2.20. The number of rotatable bonds is 5. The van der Waals surface area contributed by atoms with Gasteiger partial charge in [-0.3, -0.25) is 0 Å². The molecule has 2 atom stereocenters. The van der Waals surface area contributed by atoms with Gasteiger partial charge in [0.25, 0.3) is 0 Å². The van der Waals surface area contributed by atoms with Gasteiger partial charge in [0.1, 0.15) is 22.3 Å². The van der Waals surface area contributed by atoms with Gasteiger partial charge < -0.3 is 5.11 Å². The Labute approximate surface area is 131 Å². The predicted molar refractivity (Wildman–Crippen MR) is 77.5 cm³/mol. The lowest BCUT2D eigenvalue weighted by Gasteiger charge is -2.20. The minimum atomic E-state index is -4.29. The zero-order valence-corrected chi connectivity index (χ0v) is 12.8. The number of benzene rings is 2. The van der Waals surface area contributed by atoms with Gasteiger partial charge in [0.15, 0.2) is 0 Å². The monoisotopic (exact) mass is 345 g/mol. The van der Waals surface area contributed by atoms with E-state index in [2.05, 4.69) is 4.72 Å². The molecule has 2 unspecified atom stereocenters. The first-order valence-corrected chi connectivity index (χ1v) is 8.10. The quantitative estimate of drug-likeness (QED) is 0.875. The molecule has 124 valence electrons. The van der Waals surface area contributed by atoms with Crippen molar-refractivity contribution < 1.29 is 26.7 Å². The molecule has 4 nitrogen and oxygen atoms in total. The molecule has 0 amide bonds. The molecule has 0 aliphatic rings. The van der Waals surface area contributed by atoms with Gasteiger partial charge in [0.2, 0.25) is 10.0 Å². The number of aliphatic hydroxyl groups excluding tert-OH is 1. The van der Waals surface area contributed by atoms with E-state index in [1.807, 2.05) is 0 Å². The normalized spacial score (nSPS) is 14.5. The summed E-state index contributed by atoms with van der Waals surface area (Å²) in [6, 6.07) is 5.92. The lowest BCUT2D eigenvalue weighted by Crippen LogP contribution is -2.37. The first-order chi connectivity index (χ1) is 10.7. The highest BCUT2D eigenvalue weighted by molar-refractivity contribution is 7.89. The maximum Gasteiger partial charge on any atom is 0.243 e. The van der Waals surface area contributed by atoms with Gasteiger partial charge in [0, 0.05) is 12.1 Å². The van der Waals surface area contributed by atoms with Crippen LogP contribution in [0.25, 0.3) is 0 Å². The standard InChI is InChI=1S/C15H14F3NO3S/c1-9(15(20)10-2-4-11(16)5-3-10)19-23(21,22)14-7-6-12(17)8-13(14)18/h2-9,15,19-20H,1H3. The Morgan fingerprint density at radius 1 is 1.00 bits per heavy atom. The van der Waals surface area contributed by atoms with Crippen LogP contribution in [0.2, 0.25) is 0 Å². The lowest BCUT2D eigenvalue weighted by molar-refractivity contribution is 0.146. The number of aliphatic hydroxyl groups is 1. The van der Waals surface area contributed by atoms with Crippen LogP contribution in [0, 0.1) is 17.5 Å². The maximum absolute atomic E-state index is 13.6. The van der Waals surface area contributed by atoms with E-state index in [0.717, 1.165) is 24.3 Å². The van der Waals surface area contributed by atoms with E-state index in [1.165, 1.54) is 19.1 Å². The van der Waals surface area contributed by atoms with Gasteiger partial charge in [-0.25, -0.2) is 26.3 Å². The van der Waals surface area contributed by atoms with Crippen molar-refractivity contribution in [3.05, 3.63) is 65.5 Å². The molecular weight excluding hydrogens is 331 g/mol. The third kappa shape index (κ3) is 4.10. The highest BCUT2D eigenvalue weighted by atomic mass is 32.2. The second kappa shape index (κ2) is 6.69. The van der Waals surface area contributed by atoms with E-state index < -0.39 is 44.5 Å². The van der Waals surface area contributed by atoms with Gasteiger partial charge in [-0.2, -0.15) is 0 Å². The van der Waals surface area contributed by atoms with E-state index in [-0.39, 0.29) is 0 Å². The first kappa shape index (κ1) is 17.5. The average Bonchev–Trinajstić information content (AvgIpc) is 2.46. The van der Waals surface area contributed by atoms with E-state index in [1.54, 1.807) is 0 Å². The van der Waals surface area contributed by atoms with E-state index in [0.29, 0.717) is 11.6 Å². The Bertz CT molecular complexity index is 794. The molecular formula is C15H14F3NO3S. The Kier molecular flexibility index (Phi) is 5.08. The van der Waals surface area contributed by atoms with Crippen molar-refractivity contribution in [3.8, 4) is 0 Å². The molecule has 2 N–H and O–H groups in total. The Hall–Kier alpha value is -1.90. The first-order valence-electron chi connectivity index (χ1n) is 6.61. The van der Waals surface area contributed by atoms with Gasteiger partial charge in [-0.1, -0.05) is 12.1 Å². The third-order valence-corrected chi connectivity index (χ3v) is 4.80. The molecule has 0 fully saturated rings. The largest absolute Gasteiger partial charge is 0.387 e. The second-order valence-electron chi connectivity index (χ2n) is 4.98. The molecule has 0 spiro atoms. The van der Waals surface area contributed by atoms with Crippen LogP contribution >= 0.6 is 0 Å².